The number of ketones is 1. The summed E-state index contributed by atoms with van der Waals surface area (Å²) in [7, 11) is 2.89. The van der Waals surface area contributed by atoms with Crippen molar-refractivity contribution in [2.75, 3.05) is 0 Å². The smallest absolute Gasteiger partial charge is 0.188 e. The summed E-state index contributed by atoms with van der Waals surface area (Å²) in [6, 6.07) is 7.06. The van der Waals surface area contributed by atoms with E-state index in [2.05, 4.69) is 4.99 Å². The van der Waals surface area contributed by atoms with E-state index in [4.69, 9.17) is 0 Å². The standard InChI is InChI=1S/C14H9NO2S2/c16-11-7-3-1-5-9(11)13-15-14(19-18-13)10-6-2-4-8-12(10)17/h1-8,16H/b14-10+. The first-order valence-electron chi connectivity index (χ1n) is 5.60. The molecule has 3 nitrogen and oxygen atoms in total. The van der Waals surface area contributed by atoms with Crippen molar-refractivity contribution in [2.45, 2.75) is 0 Å². The van der Waals surface area contributed by atoms with Crippen LogP contribution in [0.2, 0.25) is 0 Å². The summed E-state index contributed by atoms with van der Waals surface area (Å²) in [6.45, 7) is 0. The van der Waals surface area contributed by atoms with Gasteiger partial charge in [-0.3, -0.25) is 4.79 Å². The van der Waals surface area contributed by atoms with Gasteiger partial charge in [0.05, 0.1) is 5.57 Å². The van der Waals surface area contributed by atoms with E-state index in [1.807, 2.05) is 18.2 Å². The molecule has 19 heavy (non-hydrogen) atoms. The van der Waals surface area contributed by atoms with Crippen LogP contribution in [-0.4, -0.2) is 15.9 Å². The van der Waals surface area contributed by atoms with Crippen LogP contribution in [0.4, 0.5) is 0 Å². The number of aliphatic imine (C=N–C) groups is 1. The van der Waals surface area contributed by atoms with Gasteiger partial charge in [0.25, 0.3) is 0 Å². The highest BCUT2D eigenvalue weighted by atomic mass is 33.1. The van der Waals surface area contributed by atoms with Crippen molar-refractivity contribution in [3.63, 3.8) is 0 Å². The number of hydrogen-bond donors (Lipinski definition) is 1. The second-order valence-corrected chi connectivity index (χ2v) is 6.01. The quantitative estimate of drug-likeness (QED) is 0.635. The summed E-state index contributed by atoms with van der Waals surface area (Å²) in [5.74, 6) is 0.166. The van der Waals surface area contributed by atoms with Crippen molar-refractivity contribution >= 4 is 32.4 Å². The monoisotopic (exact) mass is 287 g/mol. The lowest BCUT2D eigenvalue weighted by molar-refractivity contribution is -0.111. The van der Waals surface area contributed by atoms with Gasteiger partial charge in [0, 0.05) is 5.56 Å². The zero-order valence-corrected chi connectivity index (χ0v) is 11.4. The molecule has 1 heterocycles. The first-order valence-corrected chi connectivity index (χ1v) is 7.75. The number of phenolic OH excluding ortho intramolecular Hbond substituents is 1. The fourth-order valence-corrected chi connectivity index (χ4v) is 3.95. The largest absolute Gasteiger partial charge is 0.507 e. The van der Waals surface area contributed by atoms with Crippen LogP contribution < -0.4 is 0 Å². The topological polar surface area (TPSA) is 49.7 Å². The number of aromatic hydroxyl groups is 1. The molecular weight excluding hydrogens is 278 g/mol. The van der Waals surface area contributed by atoms with Crippen LogP contribution in [0.1, 0.15) is 5.56 Å². The Morgan fingerprint density at radius 2 is 1.84 bits per heavy atom. The van der Waals surface area contributed by atoms with Gasteiger partial charge in [-0.1, -0.05) is 24.3 Å². The zero-order valence-electron chi connectivity index (χ0n) is 9.74. The van der Waals surface area contributed by atoms with E-state index in [1.54, 1.807) is 24.3 Å². The molecule has 1 aromatic rings. The predicted octanol–water partition coefficient (Wildman–Crippen LogP) is 3.44. The molecule has 0 fully saturated rings. The number of rotatable bonds is 1. The minimum Gasteiger partial charge on any atom is -0.507 e. The Morgan fingerprint density at radius 3 is 2.63 bits per heavy atom. The number of phenols is 1. The number of carbonyl (C=O) groups is 1. The molecular formula is C14H9NO2S2. The van der Waals surface area contributed by atoms with Crippen LogP contribution in [0, 0.1) is 0 Å². The number of allylic oxidation sites excluding steroid dienone is 5. The van der Waals surface area contributed by atoms with Crippen molar-refractivity contribution in [1.29, 1.82) is 0 Å². The van der Waals surface area contributed by atoms with Crippen LogP contribution in [0.25, 0.3) is 0 Å². The maximum Gasteiger partial charge on any atom is 0.188 e. The first kappa shape index (κ1) is 12.3. The molecule has 0 spiro atoms. The Bertz CT molecular complexity index is 672. The molecule has 0 amide bonds. The van der Waals surface area contributed by atoms with Crippen LogP contribution >= 0.6 is 21.6 Å². The third kappa shape index (κ3) is 2.39. The fraction of sp³-hybridized carbons (Fsp3) is 0. The summed E-state index contributed by atoms with van der Waals surface area (Å²) in [4.78, 5) is 16.2. The third-order valence-corrected chi connectivity index (χ3v) is 4.87. The van der Waals surface area contributed by atoms with Crippen molar-refractivity contribution in [1.82, 2.24) is 0 Å². The average Bonchev–Trinajstić information content (AvgIpc) is 2.89. The molecule has 3 rings (SSSR count). The highest BCUT2D eigenvalue weighted by molar-refractivity contribution is 8.84. The summed E-state index contributed by atoms with van der Waals surface area (Å²) < 4.78 is 0. The SMILES string of the molecule is O=C1C=CC=C/C1=C1/N=C(c2ccccc2O)SS1. The van der Waals surface area contributed by atoms with Gasteiger partial charge in [-0.15, -0.1) is 0 Å². The minimum atomic E-state index is -0.0344. The van der Waals surface area contributed by atoms with Crippen molar-refractivity contribution < 1.29 is 9.90 Å². The maximum absolute atomic E-state index is 11.8. The van der Waals surface area contributed by atoms with Crippen LogP contribution in [0.15, 0.2) is 64.2 Å². The molecule has 2 aliphatic rings. The second-order valence-electron chi connectivity index (χ2n) is 3.90. The lowest BCUT2D eigenvalue weighted by atomic mass is 10.1. The zero-order chi connectivity index (χ0) is 13.2. The van der Waals surface area contributed by atoms with Crippen LogP contribution in [0.3, 0.4) is 0 Å². The molecule has 0 saturated heterocycles. The molecule has 94 valence electrons. The summed E-state index contributed by atoms with van der Waals surface area (Å²) in [5, 5.41) is 11.2. The van der Waals surface area contributed by atoms with Gasteiger partial charge in [-0.05, 0) is 45.9 Å². The van der Waals surface area contributed by atoms with E-state index in [0.717, 1.165) is 5.04 Å². The summed E-state index contributed by atoms with van der Waals surface area (Å²) in [5.41, 5.74) is 1.30. The molecule has 0 bridgehead atoms. The van der Waals surface area contributed by atoms with Gasteiger partial charge < -0.3 is 5.11 Å². The average molecular weight is 287 g/mol. The maximum atomic E-state index is 11.8. The number of benzene rings is 1. The van der Waals surface area contributed by atoms with Crippen LogP contribution in [-0.2, 0) is 4.79 Å². The van der Waals surface area contributed by atoms with E-state index < -0.39 is 0 Å². The third-order valence-electron chi connectivity index (χ3n) is 2.65. The lowest BCUT2D eigenvalue weighted by Gasteiger charge is -2.02. The molecule has 0 unspecified atom stereocenters. The second kappa shape index (κ2) is 5.11. The van der Waals surface area contributed by atoms with Crippen molar-refractivity contribution in [3.05, 3.63) is 64.7 Å². The fourth-order valence-electron chi connectivity index (χ4n) is 1.72. The highest BCUT2D eigenvalue weighted by Crippen LogP contribution is 2.44. The highest BCUT2D eigenvalue weighted by Gasteiger charge is 2.22. The Kier molecular flexibility index (Phi) is 3.31. The van der Waals surface area contributed by atoms with Gasteiger partial charge in [0.1, 0.15) is 15.8 Å². The van der Waals surface area contributed by atoms with Gasteiger partial charge >= 0.3 is 0 Å². The molecule has 1 aromatic carbocycles. The Labute approximate surface area is 118 Å². The Hall–Kier alpha value is -1.72. The molecule has 1 aliphatic heterocycles. The Morgan fingerprint density at radius 1 is 1.05 bits per heavy atom. The molecule has 0 radical (unpaired) electrons. The summed E-state index contributed by atoms with van der Waals surface area (Å²) in [6.07, 6.45) is 6.83. The van der Waals surface area contributed by atoms with E-state index in [-0.39, 0.29) is 11.5 Å². The lowest BCUT2D eigenvalue weighted by Crippen LogP contribution is -2.00. The van der Waals surface area contributed by atoms with Gasteiger partial charge in [0.15, 0.2) is 5.78 Å². The Balaban J connectivity index is 2.00. The molecule has 5 heteroatoms. The molecule has 1 N–H and O–H groups in total. The number of carbonyl (C=O) groups excluding carboxylic acids is 1. The molecule has 0 aromatic heterocycles. The minimum absolute atomic E-state index is 0.0344. The molecule has 0 saturated carbocycles. The first-order chi connectivity index (χ1) is 9.25. The number of nitrogens with zero attached hydrogens (tertiary/aromatic N) is 1. The van der Waals surface area contributed by atoms with Gasteiger partial charge in [0.2, 0.25) is 0 Å². The van der Waals surface area contributed by atoms with Crippen LogP contribution in [0.5, 0.6) is 5.75 Å². The molecule has 1 aliphatic carbocycles. The predicted molar refractivity (Wildman–Crippen MR) is 80.1 cm³/mol. The van der Waals surface area contributed by atoms with E-state index >= 15 is 0 Å². The van der Waals surface area contributed by atoms with Crippen molar-refractivity contribution in [3.8, 4) is 5.75 Å². The summed E-state index contributed by atoms with van der Waals surface area (Å²) >= 11 is 0. The molecule has 0 atom stereocenters. The van der Waals surface area contributed by atoms with E-state index in [9.17, 15) is 9.90 Å². The van der Waals surface area contributed by atoms with E-state index in [1.165, 1.54) is 27.7 Å². The van der Waals surface area contributed by atoms with Gasteiger partial charge in [-0.25, -0.2) is 4.99 Å². The van der Waals surface area contributed by atoms with Crippen molar-refractivity contribution in [2.24, 2.45) is 4.99 Å². The number of hydrogen-bond acceptors (Lipinski definition) is 5. The van der Waals surface area contributed by atoms with Gasteiger partial charge in [-0.2, -0.15) is 0 Å². The number of para-hydroxylation sites is 1. The normalized spacial score (nSPS) is 21.9. The van der Waals surface area contributed by atoms with E-state index in [0.29, 0.717) is 16.2 Å².